The Hall–Kier alpha value is -0.610. The van der Waals surface area contributed by atoms with E-state index in [1.807, 2.05) is 0 Å². The normalized spacial score (nSPS) is 15.9. The Morgan fingerprint density at radius 3 is 2.79 bits per heavy atom. The van der Waals surface area contributed by atoms with E-state index in [9.17, 15) is 4.79 Å². The first-order chi connectivity index (χ1) is 6.74. The number of carbonyl (C=O) groups is 1. The number of rotatable bonds is 7. The van der Waals surface area contributed by atoms with Gasteiger partial charge in [-0.25, -0.2) is 4.79 Å². The lowest BCUT2D eigenvalue weighted by molar-refractivity contribution is -0.148. The summed E-state index contributed by atoms with van der Waals surface area (Å²) in [5, 5.41) is 0. The average molecular weight is 201 g/mol. The smallest absolute Gasteiger partial charge is 0.332 e. The molecule has 0 N–H and O–H groups in total. The molecule has 0 heterocycles. The molecule has 0 radical (unpaired) electrons. The molecule has 1 fully saturated rings. The summed E-state index contributed by atoms with van der Waals surface area (Å²) >= 11 is 0. The third kappa shape index (κ3) is 4.58. The van der Waals surface area contributed by atoms with Crippen LogP contribution in [0.2, 0.25) is 0 Å². The first-order valence-electron chi connectivity index (χ1n) is 5.17. The van der Waals surface area contributed by atoms with Crippen molar-refractivity contribution in [3.8, 4) is 0 Å². The zero-order chi connectivity index (χ0) is 10.4. The van der Waals surface area contributed by atoms with Crippen LogP contribution in [0.5, 0.6) is 0 Å². The van der Waals surface area contributed by atoms with Gasteiger partial charge in [-0.3, -0.25) is 0 Å². The van der Waals surface area contributed by atoms with Gasteiger partial charge in [0.2, 0.25) is 0 Å². The van der Waals surface area contributed by atoms with Crippen LogP contribution in [0.25, 0.3) is 0 Å². The summed E-state index contributed by atoms with van der Waals surface area (Å²) in [7, 11) is 2.09. The second-order valence-corrected chi connectivity index (χ2v) is 3.57. The number of hydrogen-bond acceptors (Lipinski definition) is 4. The maximum atomic E-state index is 10.9. The summed E-state index contributed by atoms with van der Waals surface area (Å²) in [5.41, 5.74) is 0. The van der Waals surface area contributed by atoms with Crippen LogP contribution in [0.15, 0.2) is 0 Å². The van der Waals surface area contributed by atoms with Crippen LogP contribution < -0.4 is 0 Å². The van der Waals surface area contributed by atoms with Crippen molar-refractivity contribution < 1.29 is 14.3 Å². The van der Waals surface area contributed by atoms with Crippen LogP contribution >= 0.6 is 0 Å². The molecule has 0 aromatic carbocycles. The molecule has 14 heavy (non-hydrogen) atoms. The Balaban J connectivity index is 1.90. The standard InChI is InChI=1S/C10H19NO3/c1-3-14-10(12)8-13-7-6-11(2)9-4-5-9/h9H,3-8H2,1-2H3. The van der Waals surface area contributed by atoms with Crippen molar-refractivity contribution in [1.82, 2.24) is 4.90 Å². The molecular weight excluding hydrogens is 182 g/mol. The van der Waals surface area contributed by atoms with Gasteiger partial charge in [-0.05, 0) is 26.8 Å². The Morgan fingerprint density at radius 1 is 1.50 bits per heavy atom. The van der Waals surface area contributed by atoms with Crippen LogP contribution in [0.4, 0.5) is 0 Å². The van der Waals surface area contributed by atoms with Gasteiger partial charge in [0.25, 0.3) is 0 Å². The van der Waals surface area contributed by atoms with Gasteiger partial charge in [-0.1, -0.05) is 0 Å². The lowest BCUT2D eigenvalue weighted by Gasteiger charge is -2.14. The minimum absolute atomic E-state index is 0.0757. The van der Waals surface area contributed by atoms with Gasteiger partial charge in [-0.15, -0.1) is 0 Å². The van der Waals surface area contributed by atoms with Crippen LogP contribution in [0, 0.1) is 0 Å². The van der Waals surface area contributed by atoms with Crippen molar-refractivity contribution in [3.63, 3.8) is 0 Å². The van der Waals surface area contributed by atoms with E-state index >= 15 is 0 Å². The van der Waals surface area contributed by atoms with Crippen molar-refractivity contribution in [1.29, 1.82) is 0 Å². The van der Waals surface area contributed by atoms with Gasteiger partial charge in [0.15, 0.2) is 0 Å². The summed E-state index contributed by atoms with van der Waals surface area (Å²) in [6, 6.07) is 0.751. The quantitative estimate of drug-likeness (QED) is 0.448. The van der Waals surface area contributed by atoms with E-state index < -0.39 is 0 Å². The molecule has 0 aromatic heterocycles. The molecule has 4 nitrogen and oxygen atoms in total. The van der Waals surface area contributed by atoms with Crippen molar-refractivity contribution in [2.75, 3.05) is 33.4 Å². The van der Waals surface area contributed by atoms with Crippen LogP contribution in [0.1, 0.15) is 19.8 Å². The maximum absolute atomic E-state index is 10.9. The molecule has 1 saturated carbocycles. The molecular formula is C10H19NO3. The van der Waals surface area contributed by atoms with E-state index in [0.29, 0.717) is 13.2 Å². The number of likely N-dealkylation sites (N-methyl/N-ethyl adjacent to an activating group) is 1. The number of esters is 1. The molecule has 4 heteroatoms. The molecule has 82 valence electrons. The van der Waals surface area contributed by atoms with Crippen molar-refractivity contribution in [2.45, 2.75) is 25.8 Å². The van der Waals surface area contributed by atoms with Gasteiger partial charge in [0.05, 0.1) is 13.2 Å². The van der Waals surface area contributed by atoms with E-state index in [4.69, 9.17) is 9.47 Å². The number of ether oxygens (including phenoxy) is 2. The fraction of sp³-hybridized carbons (Fsp3) is 0.900. The van der Waals surface area contributed by atoms with E-state index in [1.54, 1.807) is 6.92 Å². The second kappa shape index (κ2) is 5.98. The van der Waals surface area contributed by atoms with E-state index in [1.165, 1.54) is 12.8 Å². The fourth-order valence-electron chi connectivity index (χ4n) is 1.26. The molecule has 0 unspecified atom stereocenters. The molecule has 0 bridgehead atoms. The van der Waals surface area contributed by atoms with Gasteiger partial charge < -0.3 is 14.4 Å². The zero-order valence-electron chi connectivity index (χ0n) is 8.99. The minimum atomic E-state index is -0.276. The zero-order valence-corrected chi connectivity index (χ0v) is 8.99. The van der Waals surface area contributed by atoms with Crippen LogP contribution in [-0.4, -0.2) is 50.3 Å². The molecule has 0 aliphatic heterocycles. The molecule has 1 aliphatic rings. The summed E-state index contributed by atoms with van der Waals surface area (Å²) in [4.78, 5) is 13.1. The second-order valence-electron chi connectivity index (χ2n) is 3.57. The molecule has 1 aliphatic carbocycles. The number of nitrogens with zero attached hydrogens (tertiary/aromatic N) is 1. The number of carbonyl (C=O) groups excluding carboxylic acids is 1. The molecule has 1 rings (SSSR count). The average Bonchev–Trinajstić information content (AvgIpc) is 2.95. The van der Waals surface area contributed by atoms with Crippen molar-refractivity contribution in [2.24, 2.45) is 0 Å². The SMILES string of the molecule is CCOC(=O)COCCN(C)C1CC1. The van der Waals surface area contributed by atoms with E-state index in [0.717, 1.165) is 12.6 Å². The summed E-state index contributed by atoms with van der Waals surface area (Å²) in [6.45, 7) is 3.78. The van der Waals surface area contributed by atoms with E-state index in [2.05, 4.69) is 11.9 Å². The van der Waals surface area contributed by atoms with Gasteiger partial charge in [0.1, 0.15) is 6.61 Å². The maximum Gasteiger partial charge on any atom is 0.332 e. The Kier molecular flexibility index (Phi) is 4.90. The highest BCUT2D eigenvalue weighted by Gasteiger charge is 2.25. The molecule has 0 saturated heterocycles. The van der Waals surface area contributed by atoms with Gasteiger partial charge in [0, 0.05) is 12.6 Å². The van der Waals surface area contributed by atoms with Crippen molar-refractivity contribution in [3.05, 3.63) is 0 Å². The first-order valence-corrected chi connectivity index (χ1v) is 5.17. The highest BCUT2D eigenvalue weighted by Crippen LogP contribution is 2.24. The number of hydrogen-bond donors (Lipinski definition) is 0. The monoisotopic (exact) mass is 201 g/mol. The minimum Gasteiger partial charge on any atom is -0.464 e. The molecule has 0 amide bonds. The summed E-state index contributed by atoms with van der Waals surface area (Å²) < 4.78 is 9.91. The lowest BCUT2D eigenvalue weighted by atomic mass is 10.5. The first kappa shape index (κ1) is 11.5. The Morgan fingerprint density at radius 2 is 2.21 bits per heavy atom. The molecule has 0 aromatic rings. The third-order valence-electron chi connectivity index (χ3n) is 2.28. The van der Waals surface area contributed by atoms with Crippen molar-refractivity contribution >= 4 is 5.97 Å². The highest BCUT2D eigenvalue weighted by atomic mass is 16.6. The Labute approximate surface area is 85.2 Å². The van der Waals surface area contributed by atoms with Crippen LogP contribution in [-0.2, 0) is 14.3 Å². The summed E-state index contributed by atoms with van der Waals surface area (Å²) in [6.07, 6.45) is 2.60. The predicted molar refractivity (Wildman–Crippen MR) is 53.1 cm³/mol. The van der Waals surface area contributed by atoms with Gasteiger partial charge in [-0.2, -0.15) is 0 Å². The van der Waals surface area contributed by atoms with Crippen LogP contribution in [0.3, 0.4) is 0 Å². The molecule has 0 spiro atoms. The predicted octanol–water partition coefficient (Wildman–Crippen LogP) is 0.660. The molecule has 0 atom stereocenters. The topological polar surface area (TPSA) is 38.8 Å². The lowest BCUT2D eigenvalue weighted by Crippen LogP contribution is -2.26. The van der Waals surface area contributed by atoms with Gasteiger partial charge >= 0.3 is 5.97 Å². The third-order valence-corrected chi connectivity index (χ3v) is 2.28. The fourth-order valence-corrected chi connectivity index (χ4v) is 1.26. The Bertz CT molecular complexity index is 180. The highest BCUT2D eigenvalue weighted by molar-refractivity contribution is 5.70. The summed E-state index contributed by atoms with van der Waals surface area (Å²) in [5.74, 6) is -0.276. The van der Waals surface area contributed by atoms with E-state index in [-0.39, 0.29) is 12.6 Å². The largest absolute Gasteiger partial charge is 0.464 e.